The van der Waals surface area contributed by atoms with Gasteiger partial charge in [0.2, 0.25) is 11.4 Å². The highest BCUT2D eigenvalue weighted by Gasteiger charge is 2.20. The van der Waals surface area contributed by atoms with E-state index < -0.39 is 0 Å². The molecule has 0 saturated heterocycles. The van der Waals surface area contributed by atoms with Crippen molar-refractivity contribution in [2.45, 2.75) is 130 Å². The van der Waals surface area contributed by atoms with Crippen molar-refractivity contribution in [1.82, 2.24) is 0 Å². The number of aryl methyl sites for hydroxylation is 1. The lowest BCUT2D eigenvalue weighted by atomic mass is 9.85. The molecule has 0 fully saturated rings. The molecule has 0 aliphatic heterocycles. The summed E-state index contributed by atoms with van der Waals surface area (Å²) in [7, 11) is 0. The highest BCUT2D eigenvalue weighted by molar-refractivity contribution is 7.07. The van der Waals surface area contributed by atoms with Crippen LogP contribution in [-0.2, 0) is 23.2 Å². The summed E-state index contributed by atoms with van der Waals surface area (Å²) in [6.07, 6.45) is 16.3. The number of carbonyl (C=O) groups is 1. The number of ether oxygens (including phenoxy) is 1. The van der Waals surface area contributed by atoms with E-state index in [1.54, 1.807) is 11.3 Å². The molecule has 0 radical (unpaired) electrons. The molecule has 0 saturated carbocycles. The molecule has 2 aromatic carbocycles. The molecule has 3 rings (SSSR count). The molecule has 1 amide bonds. The Hall–Kier alpha value is -2.18. The van der Waals surface area contributed by atoms with E-state index in [9.17, 15) is 4.79 Å². The molecule has 4 nitrogen and oxygen atoms in total. The fourth-order valence-corrected chi connectivity index (χ4v) is 6.17. The van der Waals surface area contributed by atoms with Gasteiger partial charge in [0, 0.05) is 18.2 Å². The number of hydrogen-bond acceptors (Lipinski definition) is 3. The molecule has 1 N–H and O–H groups in total. The Labute approximate surface area is 276 Å². The van der Waals surface area contributed by atoms with E-state index in [2.05, 4.69) is 85.7 Å². The third-order valence-corrected chi connectivity index (χ3v) is 8.77. The molecule has 0 aliphatic carbocycles. The highest BCUT2D eigenvalue weighted by Crippen LogP contribution is 2.32. The number of anilines is 1. The van der Waals surface area contributed by atoms with Gasteiger partial charge in [0.05, 0.1) is 18.4 Å². The Balaban J connectivity index is 0.00000645. The summed E-state index contributed by atoms with van der Waals surface area (Å²) in [4.78, 5) is 13.0. The molecule has 1 aromatic heterocycles. The number of nitrogens with one attached hydrogen (secondary N) is 1. The zero-order valence-electron chi connectivity index (χ0n) is 27.4. The van der Waals surface area contributed by atoms with Gasteiger partial charge in [-0.2, -0.15) is 4.57 Å². The third kappa shape index (κ3) is 14.0. The molecule has 0 unspecified atom stereocenters. The quantitative estimate of drug-likeness (QED) is 0.111. The van der Waals surface area contributed by atoms with Crippen LogP contribution in [-0.4, -0.2) is 12.5 Å². The van der Waals surface area contributed by atoms with Crippen molar-refractivity contribution >= 4 is 22.9 Å². The van der Waals surface area contributed by atoms with E-state index in [1.165, 1.54) is 87.4 Å². The number of amides is 1. The Morgan fingerprint density at radius 1 is 0.860 bits per heavy atom. The molecule has 1 heterocycles. The standard InChI is InChI=1S/C37H54N2O2S.BrH/c1-6-7-8-9-10-11-12-13-14-15-16-17-23-41-35-25-31(21-22-34(35)37(3,4)5)26-36(40)38-33-20-18-19-32(24-33)27-39-29-42-28-30(39)2;/h18-22,24-25,28-29H,6-17,23,26-27H2,1-5H3;1H. The van der Waals surface area contributed by atoms with Gasteiger partial charge in [-0.15, -0.1) is 0 Å². The van der Waals surface area contributed by atoms with Crippen LogP contribution < -0.4 is 31.6 Å². The van der Waals surface area contributed by atoms with Gasteiger partial charge in [-0.25, -0.2) is 0 Å². The van der Waals surface area contributed by atoms with Crippen LogP contribution in [0.25, 0.3) is 0 Å². The van der Waals surface area contributed by atoms with Crippen molar-refractivity contribution in [3.05, 3.63) is 75.7 Å². The maximum Gasteiger partial charge on any atom is 0.228 e. The number of thiazole rings is 1. The predicted octanol–water partition coefficient (Wildman–Crippen LogP) is 6.95. The first-order chi connectivity index (χ1) is 20.3. The van der Waals surface area contributed by atoms with E-state index in [0.29, 0.717) is 6.42 Å². The number of halogens is 1. The first-order valence-corrected chi connectivity index (χ1v) is 17.3. The van der Waals surface area contributed by atoms with Gasteiger partial charge in [0.1, 0.15) is 5.75 Å². The zero-order chi connectivity index (χ0) is 30.2. The predicted molar refractivity (Wildman–Crippen MR) is 179 cm³/mol. The van der Waals surface area contributed by atoms with E-state index in [-0.39, 0.29) is 28.3 Å². The van der Waals surface area contributed by atoms with Crippen molar-refractivity contribution in [3.8, 4) is 5.75 Å². The van der Waals surface area contributed by atoms with Crippen molar-refractivity contribution in [2.24, 2.45) is 0 Å². The van der Waals surface area contributed by atoms with Crippen LogP contribution in [0.5, 0.6) is 5.75 Å². The third-order valence-electron chi connectivity index (χ3n) is 7.92. The Morgan fingerprint density at radius 3 is 2.12 bits per heavy atom. The van der Waals surface area contributed by atoms with Gasteiger partial charge in [0.25, 0.3) is 0 Å². The Kier molecular flexibility index (Phi) is 17.2. The fourth-order valence-electron chi connectivity index (χ4n) is 5.39. The normalized spacial score (nSPS) is 11.3. The summed E-state index contributed by atoms with van der Waals surface area (Å²) >= 11 is 1.70. The molecular formula is C37H55BrN2O2S. The lowest BCUT2D eigenvalue weighted by Gasteiger charge is -2.23. The topological polar surface area (TPSA) is 42.2 Å². The molecular weight excluding hydrogens is 616 g/mol. The number of nitrogens with zero attached hydrogens (tertiary/aromatic N) is 1. The monoisotopic (exact) mass is 670 g/mol. The van der Waals surface area contributed by atoms with Crippen LogP contribution in [0.1, 0.15) is 127 Å². The fraction of sp³-hybridized carbons (Fsp3) is 0.568. The molecule has 238 valence electrons. The number of benzene rings is 2. The van der Waals surface area contributed by atoms with Crippen LogP contribution in [0.3, 0.4) is 0 Å². The molecule has 0 aliphatic rings. The minimum atomic E-state index is -0.0219. The van der Waals surface area contributed by atoms with Gasteiger partial charge in [0.15, 0.2) is 12.2 Å². The lowest BCUT2D eigenvalue weighted by Crippen LogP contribution is -3.00. The minimum absolute atomic E-state index is 0. The highest BCUT2D eigenvalue weighted by atomic mass is 79.9. The number of carbonyl (C=O) groups excluding carboxylic acids is 1. The van der Waals surface area contributed by atoms with E-state index >= 15 is 0 Å². The van der Waals surface area contributed by atoms with E-state index in [1.807, 2.05) is 12.1 Å². The van der Waals surface area contributed by atoms with Gasteiger partial charge in [-0.05, 0) is 41.2 Å². The van der Waals surface area contributed by atoms with Gasteiger partial charge >= 0.3 is 0 Å². The second kappa shape index (κ2) is 20.0. The summed E-state index contributed by atoms with van der Waals surface area (Å²) in [5.41, 5.74) is 7.52. The summed E-state index contributed by atoms with van der Waals surface area (Å²) in [6.45, 7) is 12.6. The lowest BCUT2D eigenvalue weighted by molar-refractivity contribution is -0.689. The van der Waals surface area contributed by atoms with Crippen molar-refractivity contribution in [1.29, 1.82) is 0 Å². The van der Waals surface area contributed by atoms with E-state index in [0.717, 1.165) is 36.6 Å². The van der Waals surface area contributed by atoms with Crippen molar-refractivity contribution in [2.75, 3.05) is 11.9 Å². The largest absolute Gasteiger partial charge is 1.00 e. The van der Waals surface area contributed by atoms with Gasteiger partial charge in [-0.3, -0.25) is 4.79 Å². The average Bonchev–Trinajstić information content (AvgIpc) is 3.34. The zero-order valence-corrected chi connectivity index (χ0v) is 29.8. The Bertz CT molecular complexity index is 1220. The maximum absolute atomic E-state index is 13.0. The molecule has 3 aromatic rings. The summed E-state index contributed by atoms with van der Waals surface area (Å²) in [6, 6.07) is 14.4. The second-order valence-corrected chi connectivity index (χ2v) is 13.6. The summed E-state index contributed by atoms with van der Waals surface area (Å²) in [5.74, 6) is 0.906. The van der Waals surface area contributed by atoms with Crippen molar-refractivity contribution < 1.29 is 31.1 Å². The molecule has 43 heavy (non-hydrogen) atoms. The number of aromatic nitrogens is 1. The van der Waals surface area contributed by atoms with Crippen LogP contribution in [0.4, 0.5) is 5.69 Å². The first kappa shape index (κ1) is 37.0. The smallest absolute Gasteiger partial charge is 0.228 e. The molecule has 6 heteroatoms. The van der Waals surface area contributed by atoms with Crippen LogP contribution in [0, 0.1) is 6.92 Å². The summed E-state index contributed by atoms with van der Waals surface area (Å²) in [5, 5.41) is 5.24. The van der Waals surface area contributed by atoms with Crippen LogP contribution in [0.15, 0.2) is 53.4 Å². The Morgan fingerprint density at radius 2 is 1.51 bits per heavy atom. The maximum atomic E-state index is 13.0. The van der Waals surface area contributed by atoms with Crippen LogP contribution in [0.2, 0.25) is 0 Å². The summed E-state index contributed by atoms with van der Waals surface area (Å²) < 4.78 is 8.56. The molecule has 0 bridgehead atoms. The second-order valence-electron chi connectivity index (χ2n) is 12.9. The molecule has 0 atom stereocenters. The average molecular weight is 672 g/mol. The number of unbranched alkanes of at least 4 members (excludes halogenated alkanes) is 11. The van der Waals surface area contributed by atoms with Crippen molar-refractivity contribution in [3.63, 3.8) is 0 Å². The molecule has 0 spiro atoms. The number of rotatable bonds is 19. The van der Waals surface area contributed by atoms with E-state index in [4.69, 9.17) is 4.74 Å². The SMILES string of the molecule is CCCCCCCCCCCCCCOc1cc(CC(=O)Nc2cccc(C[n+]3cscc3C)c2)ccc1C(C)(C)C.[Br-]. The van der Waals surface area contributed by atoms with Crippen LogP contribution >= 0.6 is 11.3 Å². The minimum Gasteiger partial charge on any atom is -1.00 e. The number of hydrogen-bond donors (Lipinski definition) is 1. The van der Waals surface area contributed by atoms with Gasteiger partial charge in [-0.1, -0.05) is 134 Å². The first-order valence-electron chi connectivity index (χ1n) is 16.3. The van der Waals surface area contributed by atoms with Gasteiger partial charge < -0.3 is 27.0 Å².